The topological polar surface area (TPSA) is 73.6 Å². The minimum Gasteiger partial charge on any atom is -0.402 e. The molecule has 21 heavy (non-hydrogen) atoms. The number of thioether (sulfide) groups is 1. The summed E-state index contributed by atoms with van der Waals surface area (Å²) in [6.45, 7) is -0.666. The average molecular weight is 319 g/mol. The maximum atomic E-state index is 14.3. The average Bonchev–Trinajstić information content (AvgIpc) is 2.81. The fourth-order valence-corrected chi connectivity index (χ4v) is 4.42. The molecule has 0 saturated carbocycles. The number of amidine groups is 1. The summed E-state index contributed by atoms with van der Waals surface area (Å²) in [6, 6.07) is 0. The lowest BCUT2D eigenvalue weighted by Crippen LogP contribution is -2.50. The molecule has 0 radical (unpaired) electrons. The first-order chi connectivity index (χ1) is 9.98. The van der Waals surface area contributed by atoms with Gasteiger partial charge in [0.2, 0.25) is 0 Å². The lowest BCUT2D eigenvalue weighted by molar-refractivity contribution is 0.0712. The number of halogens is 3. The number of rotatable bonds is 2. The summed E-state index contributed by atoms with van der Waals surface area (Å²) in [5, 5.41) is 0.288. The molecule has 1 aliphatic carbocycles. The molecule has 3 rings (SSSR count). The van der Waals surface area contributed by atoms with Crippen molar-refractivity contribution in [3.05, 3.63) is 23.4 Å². The van der Waals surface area contributed by atoms with Crippen molar-refractivity contribution < 1.29 is 17.9 Å². The molecule has 0 aromatic carbocycles. The van der Waals surface area contributed by atoms with E-state index in [9.17, 15) is 13.2 Å². The SMILES string of the molecule is NC1=CC(F)=C(F)C([C@]23CO[C@H](CF)[C@H]2CSC(N)=N3)C1. The Hall–Kier alpha value is -1.15. The number of fused-ring (bicyclic) bond motifs is 1. The van der Waals surface area contributed by atoms with Gasteiger partial charge in [0, 0.05) is 23.3 Å². The Labute approximate surface area is 124 Å². The van der Waals surface area contributed by atoms with Gasteiger partial charge in [-0.3, -0.25) is 4.99 Å². The number of aliphatic imine (C=N–C) groups is 1. The lowest BCUT2D eigenvalue weighted by Gasteiger charge is -2.41. The Morgan fingerprint density at radius 2 is 2.19 bits per heavy atom. The van der Waals surface area contributed by atoms with Crippen LogP contribution in [0.2, 0.25) is 0 Å². The summed E-state index contributed by atoms with van der Waals surface area (Å²) >= 11 is 1.28. The first-order valence-electron chi connectivity index (χ1n) is 6.65. The lowest BCUT2D eigenvalue weighted by atomic mass is 9.71. The highest BCUT2D eigenvalue weighted by Crippen LogP contribution is 2.50. The summed E-state index contributed by atoms with van der Waals surface area (Å²) in [4.78, 5) is 4.36. The van der Waals surface area contributed by atoms with Gasteiger partial charge >= 0.3 is 0 Å². The van der Waals surface area contributed by atoms with E-state index in [0.29, 0.717) is 5.75 Å². The van der Waals surface area contributed by atoms with Crippen LogP contribution in [0.1, 0.15) is 6.42 Å². The number of allylic oxidation sites excluding steroid dienone is 3. The summed E-state index contributed by atoms with van der Waals surface area (Å²) in [6.07, 6.45) is 0.432. The van der Waals surface area contributed by atoms with Gasteiger partial charge in [0.25, 0.3) is 0 Å². The van der Waals surface area contributed by atoms with Crippen molar-refractivity contribution in [2.75, 3.05) is 19.0 Å². The van der Waals surface area contributed by atoms with Crippen LogP contribution in [-0.2, 0) is 4.74 Å². The van der Waals surface area contributed by atoms with Crippen molar-refractivity contribution in [3.63, 3.8) is 0 Å². The van der Waals surface area contributed by atoms with Crippen LogP contribution in [0.5, 0.6) is 0 Å². The minimum absolute atomic E-state index is 0.0200. The van der Waals surface area contributed by atoms with E-state index in [1.165, 1.54) is 11.8 Å². The van der Waals surface area contributed by atoms with E-state index in [1.54, 1.807) is 0 Å². The number of hydrogen-bond donors (Lipinski definition) is 2. The molecule has 4 atom stereocenters. The Balaban J connectivity index is 2.05. The Kier molecular flexibility index (Phi) is 3.69. The van der Waals surface area contributed by atoms with E-state index in [4.69, 9.17) is 16.2 Å². The summed E-state index contributed by atoms with van der Waals surface area (Å²) in [7, 11) is 0. The monoisotopic (exact) mass is 319 g/mol. The van der Waals surface area contributed by atoms with Gasteiger partial charge in [-0.15, -0.1) is 0 Å². The van der Waals surface area contributed by atoms with E-state index >= 15 is 0 Å². The number of nitrogens with zero attached hydrogens (tertiary/aromatic N) is 1. The van der Waals surface area contributed by atoms with Gasteiger partial charge in [-0.2, -0.15) is 0 Å². The summed E-state index contributed by atoms with van der Waals surface area (Å²) in [5.74, 6) is -2.68. The number of ether oxygens (including phenoxy) is 1. The van der Waals surface area contributed by atoms with Crippen molar-refractivity contribution in [1.29, 1.82) is 0 Å². The summed E-state index contributed by atoms with van der Waals surface area (Å²) < 4.78 is 46.6. The van der Waals surface area contributed by atoms with Crippen LogP contribution >= 0.6 is 11.8 Å². The van der Waals surface area contributed by atoms with E-state index in [2.05, 4.69) is 4.99 Å². The van der Waals surface area contributed by atoms with Crippen molar-refractivity contribution >= 4 is 16.9 Å². The largest absolute Gasteiger partial charge is 0.402 e. The molecular weight excluding hydrogens is 303 g/mol. The quantitative estimate of drug-likeness (QED) is 0.814. The minimum atomic E-state index is -1.08. The molecule has 2 aliphatic heterocycles. The van der Waals surface area contributed by atoms with Crippen LogP contribution < -0.4 is 11.5 Å². The molecule has 0 aromatic rings. The zero-order chi connectivity index (χ0) is 15.2. The third kappa shape index (κ3) is 2.24. The Morgan fingerprint density at radius 3 is 2.90 bits per heavy atom. The molecule has 116 valence electrons. The Bertz CT molecular complexity index is 551. The van der Waals surface area contributed by atoms with Gasteiger partial charge in [0.15, 0.2) is 11.0 Å². The molecule has 0 bridgehead atoms. The molecule has 2 heterocycles. The molecule has 0 amide bonds. The highest BCUT2D eigenvalue weighted by atomic mass is 32.2. The van der Waals surface area contributed by atoms with E-state index in [1.807, 2.05) is 0 Å². The van der Waals surface area contributed by atoms with E-state index in [0.717, 1.165) is 6.08 Å². The molecule has 4 N–H and O–H groups in total. The van der Waals surface area contributed by atoms with Gasteiger partial charge in [-0.1, -0.05) is 11.8 Å². The summed E-state index contributed by atoms with van der Waals surface area (Å²) in [5.41, 5.74) is 10.6. The van der Waals surface area contributed by atoms with Crippen molar-refractivity contribution in [3.8, 4) is 0 Å². The molecule has 0 spiro atoms. The first kappa shape index (κ1) is 14.8. The van der Waals surface area contributed by atoms with Gasteiger partial charge in [0.1, 0.15) is 18.0 Å². The molecule has 1 unspecified atom stereocenters. The van der Waals surface area contributed by atoms with Crippen molar-refractivity contribution in [1.82, 2.24) is 0 Å². The predicted octanol–water partition coefficient (Wildman–Crippen LogP) is 1.78. The number of alkyl halides is 1. The first-order valence-corrected chi connectivity index (χ1v) is 7.63. The highest BCUT2D eigenvalue weighted by molar-refractivity contribution is 8.13. The fraction of sp³-hybridized carbons (Fsp3) is 0.615. The second kappa shape index (κ2) is 5.24. The molecule has 8 heteroatoms. The second-order valence-electron chi connectivity index (χ2n) is 5.53. The van der Waals surface area contributed by atoms with E-state index < -0.39 is 35.9 Å². The number of nitrogens with two attached hydrogens (primary N) is 2. The maximum Gasteiger partial charge on any atom is 0.156 e. The van der Waals surface area contributed by atoms with Crippen LogP contribution in [0.15, 0.2) is 28.4 Å². The van der Waals surface area contributed by atoms with Crippen LogP contribution in [0.4, 0.5) is 13.2 Å². The van der Waals surface area contributed by atoms with Crippen LogP contribution in [-0.4, -0.2) is 35.8 Å². The zero-order valence-electron chi connectivity index (χ0n) is 11.2. The second-order valence-corrected chi connectivity index (χ2v) is 6.57. The number of hydrogen-bond acceptors (Lipinski definition) is 5. The molecule has 1 fully saturated rings. The molecule has 1 saturated heterocycles. The molecule has 4 nitrogen and oxygen atoms in total. The Morgan fingerprint density at radius 1 is 1.43 bits per heavy atom. The van der Waals surface area contributed by atoms with Crippen molar-refractivity contribution in [2.45, 2.75) is 18.1 Å². The standard InChI is InChI=1S/C13H16F3N3OS/c14-3-10-8-4-21-12(18)19-13(8,5-20-10)7-1-6(17)2-9(15)11(7)16/h2,7-8,10H,1,3-5,17H2,(H2,18,19)/t7?,8-,10-,13-/m1/s1. The zero-order valence-corrected chi connectivity index (χ0v) is 12.0. The molecule has 3 aliphatic rings. The predicted molar refractivity (Wildman–Crippen MR) is 75.6 cm³/mol. The van der Waals surface area contributed by atoms with Crippen LogP contribution in [0.3, 0.4) is 0 Å². The van der Waals surface area contributed by atoms with Crippen molar-refractivity contribution in [2.24, 2.45) is 28.3 Å². The molecular formula is C13H16F3N3OS. The third-order valence-electron chi connectivity index (χ3n) is 4.39. The van der Waals surface area contributed by atoms with Gasteiger partial charge < -0.3 is 16.2 Å². The molecule has 0 aromatic heterocycles. The highest BCUT2D eigenvalue weighted by Gasteiger charge is 2.58. The van der Waals surface area contributed by atoms with Crippen LogP contribution in [0, 0.1) is 11.8 Å². The van der Waals surface area contributed by atoms with Crippen LogP contribution in [0.25, 0.3) is 0 Å². The smallest absolute Gasteiger partial charge is 0.156 e. The normalized spacial score (nSPS) is 39.9. The third-order valence-corrected chi connectivity index (χ3v) is 5.30. The maximum absolute atomic E-state index is 14.3. The van der Waals surface area contributed by atoms with Gasteiger partial charge in [-0.25, -0.2) is 13.2 Å². The fourth-order valence-electron chi connectivity index (χ4n) is 3.33. The van der Waals surface area contributed by atoms with Gasteiger partial charge in [0.05, 0.1) is 12.7 Å². The van der Waals surface area contributed by atoms with Gasteiger partial charge in [-0.05, 0) is 12.5 Å². The van der Waals surface area contributed by atoms with E-state index in [-0.39, 0.29) is 29.8 Å².